The van der Waals surface area contributed by atoms with Gasteiger partial charge in [0, 0.05) is 19.4 Å². The standard InChI is InChI=1S/C16H21NO3/c1-11(2)15(20)16(7-8-16)17(12(3)18)10-13-5-4-6-14(19)9-13/h4-6,9,11,19H,7-8,10H2,1-3H3. The molecule has 0 atom stereocenters. The van der Waals surface area contributed by atoms with Crippen LogP contribution in [-0.4, -0.2) is 27.2 Å². The lowest BCUT2D eigenvalue weighted by Crippen LogP contribution is -2.47. The van der Waals surface area contributed by atoms with Crippen molar-refractivity contribution >= 4 is 11.7 Å². The highest BCUT2D eigenvalue weighted by molar-refractivity contribution is 5.96. The molecular weight excluding hydrogens is 254 g/mol. The van der Waals surface area contributed by atoms with Gasteiger partial charge in [-0.25, -0.2) is 0 Å². The Bertz CT molecular complexity index is 532. The summed E-state index contributed by atoms with van der Waals surface area (Å²) in [5.74, 6) is 0.127. The maximum atomic E-state index is 12.4. The molecule has 4 nitrogen and oxygen atoms in total. The molecule has 1 saturated carbocycles. The summed E-state index contributed by atoms with van der Waals surface area (Å²) < 4.78 is 0. The van der Waals surface area contributed by atoms with E-state index in [1.54, 1.807) is 23.1 Å². The minimum Gasteiger partial charge on any atom is -0.508 e. The Kier molecular flexibility index (Phi) is 3.84. The molecule has 108 valence electrons. The summed E-state index contributed by atoms with van der Waals surface area (Å²) in [5, 5.41) is 9.51. The van der Waals surface area contributed by atoms with E-state index < -0.39 is 5.54 Å². The molecule has 1 aromatic carbocycles. The molecule has 0 spiro atoms. The monoisotopic (exact) mass is 275 g/mol. The van der Waals surface area contributed by atoms with Crippen LogP contribution in [0.2, 0.25) is 0 Å². The van der Waals surface area contributed by atoms with Crippen molar-refractivity contribution in [3.05, 3.63) is 29.8 Å². The molecule has 0 radical (unpaired) electrons. The third kappa shape index (κ3) is 2.69. The van der Waals surface area contributed by atoms with E-state index >= 15 is 0 Å². The first-order valence-corrected chi connectivity index (χ1v) is 6.97. The average molecular weight is 275 g/mol. The summed E-state index contributed by atoms with van der Waals surface area (Å²) in [6.07, 6.45) is 1.48. The zero-order valence-corrected chi connectivity index (χ0v) is 12.2. The predicted octanol–water partition coefficient (Wildman–Crippen LogP) is 2.50. The van der Waals surface area contributed by atoms with Crippen LogP contribution in [0.1, 0.15) is 39.2 Å². The lowest BCUT2D eigenvalue weighted by atomic mass is 9.97. The fourth-order valence-corrected chi connectivity index (χ4v) is 2.71. The molecule has 0 heterocycles. The number of amides is 1. The molecule has 0 aliphatic heterocycles. The molecule has 1 amide bonds. The second-order valence-electron chi connectivity index (χ2n) is 5.83. The number of carbonyl (C=O) groups excluding carboxylic acids is 2. The Morgan fingerprint density at radius 2 is 2.00 bits per heavy atom. The van der Waals surface area contributed by atoms with Gasteiger partial charge in [0.1, 0.15) is 11.3 Å². The second kappa shape index (κ2) is 5.27. The topological polar surface area (TPSA) is 57.6 Å². The van der Waals surface area contributed by atoms with Crippen LogP contribution >= 0.6 is 0 Å². The summed E-state index contributed by atoms with van der Waals surface area (Å²) in [7, 11) is 0. The molecule has 0 bridgehead atoms. The van der Waals surface area contributed by atoms with Crippen molar-refractivity contribution < 1.29 is 14.7 Å². The summed E-state index contributed by atoms with van der Waals surface area (Å²) in [6.45, 7) is 5.60. The maximum Gasteiger partial charge on any atom is 0.220 e. The van der Waals surface area contributed by atoms with Gasteiger partial charge in [0.15, 0.2) is 5.78 Å². The molecular formula is C16H21NO3. The predicted molar refractivity (Wildman–Crippen MR) is 76.1 cm³/mol. The molecule has 0 unspecified atom stereocenters. The van der Waals surface area contributed by atoms with E-state index in [9.17, 15) is 14.7 Å². The molecule has 2 rings (SSSR count). The first-order valence-electron chi connectivity index (χ1n) is 6.97. The number of carbonyl (C=O) groups is 2. The van der Waals surface area contributed by atoms with Gasteiger partial charge in [0.05, 0.1) is 0 Å². The van der Waals surface area contributed by atoms with Gasteiger partial charge in [-0.3, -0.25) is 9.59 Å². The number of phenolic OH excluding ortho intramolecular Hbond substituents is 1. The van der Waals surface area contributed by atoms with Crippen LogP contribution in [0.4, 0.5) is 0 Å². The van der Waals surface area contributed by atoms with Gasteiger partial charge >= 0.3 is 0 Å². The minimum absolute atomic E-state index is 0.0801. The number of nitrogens with zero attached hydrogens (tertiary/aromatic N) is 1. The summed E-state index contributed by atoms with van der Waals surface area (Å²) in [5.41, 5.74) is 0.217. The zero-order chi connectivity index (χ0) is 14.9. The summed E-state index contributed by atoms with van der Waals surface area (Å²) in [4.78, 5) is 26.0. The Hall–Kier alpha value is -1.84. The Balaban J connectivity index is 2.25. The Morgan fingerprint density at radius 1 is 1.35 bits per heavy atom. The van der Waals surface area contributed by atoms with Gasteiger partial charge in [-0.15, -0.1) is 0 Å². The maximum absolute atomic E-state index is 12.4. The lowest BCUT2D eigenvalue weighted by molar-refractivity contribution is -0.141. The average Bonchev–Trinajstić information content (AvgIpc) is 3.16. The van der Waals surface area contributed by atoms with Gasteiger partial charge in [-0.2, -0.15) is 0 Å². The van der Waals surface area contributed by atoms with Crippen LogP contribution < -0.4 is 0 Å². The van der Waals surface area contributed by atoms with Gasteiger partial charge in [-0.05, 0) is 30.5 Å². The Morgan fingerprint density at radius 3 is 2.45 bits per heavy atom. The number of aromatic hydroxyl groups is 1. The summed E-state index contributed by atoms with van der Waals surface area (Å²) in [6, 6.07) is 6.82. The molecule has 0 saturated heterocycles. The smallest absolute Gasteiger partial charge is 0.220 e. The number of Topliss-reactive ketones (excluding diaryl/α,β-unsaturated/α-hetero) is 1. The van der Waals surface area contributed by atoms with Crippen LogP contribution in [0.5, 0.6) is 5.75 Å². The van der Waals surface area contributed by atoms with Crippen LogP contribution in [-0.2, 0) is 16.1 Å². The highest BCUT2D eigenvalue weighted by Gasteiger charge is 2.55. The lowest BCUT2D eigenvalue weighted by Gasteiger charge is -2.31. The van der Waals surface area contributed by atoms with Crippen LogP contribution in [0.25, 0.3) is 0 Å². The first-order chi connectivity index (χ1) is 9.36. The molecule has 1 aliphatic carbocycles. The van der Waals surface area contributed by atoms with E-state index in [1.807, 2.05) is 19.9 Å². The first kappa shape index (κ1) is 14.6. The van der Waals surface area contributed by atoms with Crippen molar-refractivity contribution in [1.29, 1.82) is 0 Å². The zero-order valence-electron chi connectivity index (χ0n) is 12.2. The molecule has 20 heavy (non-hydrogen) atoms. The summed E-state index contributed by atoms with van der Waals surface area (Å²) >= 11 is 0. The third-order valence-corrected chi connectivity index (χ3v) is 3.85. The SMILES string of the molecule is CC(=O)N(Cc1cccc(O)c1)C1(C(=O)C(C)C)CC1. The third-order valence-electron chi connectivity index (χ3n) is 3.85. The van der Waals surface area contributed by atoms with Crippen molar-refractivity contribution in [2.75, 3.05) is 0 Å². The molecule has 0 aromatic heterocycles. The number of hydrogen-bond acceptors (Lipinski definition) is 3. The second-order valence-corrected chi connectivity index (χ2v) is 5.83. The molecule has 4 heteroatoms. The van der Waals surface area contributed by atoms with E-state index in [-0.39, 0.29) is 23.4 Å². The van der Waals surface area contributed by atoms with Crippen molar-refractivity contribution in [2.45, 2.75) is 45.7 Å². The van der Waals surface area contributed by atoms with E-state index in [1.165, 1.54) is 6.92 Å². The van der Waals surface area contributed by atoms with Crippen LogP contribution in [0.15, 0.2) is 24.3 Å². The van der Waals surface area contributed by atoms with Crippen LogP contribution in [0.3, 0.4) is 0 Å². The number of phenols is 1. The fraction of sp³-hybridized carbons (Fsp3) is 0.500. The highest BCUT2D eigenvalue weighted by atomic mass is 16.3. The van der Waals surface area contributed by atoms with Crippen LogP contribution in [0, 0.1) is 5.92 Å². The van der Waals surface area contributed by atoms with E-state index in [2.05, 4.69) is 0 Å². The van der Waals surface area contributed by atoms with Crippen molar-refractivity contribution in [3.8, 4) is 5.75 Å². The number of benzene rings is 1. The van der Waals surface area contributed by atoms with E-state index in [4.69, 9.17) is 0 Å². The molecule has 1 aromatic rings. The van der Waals surface area contributed by atoms with Crippen molar-refractivity contribution in [1.82, 2.24) is 4.90 Å². The molecule has 1 N–H and O–H groups in total. The minimum atomic E-state index is -0.620. The largest absolute Gasteiger partial charge is 0.508 e. The normalized spacial score (nSPS) is 16.0. The van der Waals surface area contributed by atoms with Gasteiger partial charge in [0.25, 0.3) is 0 Å². The highest BCUT2D eigenvalue weighted by Crippen LogP contribution is 2.45. The molecule has 1 aliphatic rings. The number of ketones is 1. The number of hydrogen-bond donors (Lipinski definition) is 1. The van der Waals surface area contributed by atoms with E-state index in [0.29, 0.717) is 6.54 Å². The van der Waals surface area contributed by atoms with Gasteiger partial charge < -0.3 is 10.0 Å². The Labute approximate surface area is 119 Å². The quantitative estimate of drug-likeness (QED) is 0.898. The molecule has 1 fully saturated rings. The van der Waals surface area contributed by atoms with E-state index in [0.717, 1.165) is 18.4 Å². The van der Waals surface area contributed by atoms with Gasteiger partial charge in [-0.1, -0.05) is 26.0 Å². The number of rotatable bonds is 5. The fourth-order valence-electron chi connectivity index (χ4n) is 2.71. The van der Waals surface area contributed by atoms with Crippen molar-refractivity contribution in [2.24, 2.45) is 5.92 Å². The van der Waals surface area contributed by atoms with Crippen molar-refractivity contribution in [3.63, 3.8) is 0 Å². The van der Waals surface area contributed by atoms with Gasteiger partial charge in [0.2, 0.25) is 5.91 Å².